The second-order valence-electron chi connectivity index (χ2n) is 5.00. The summed E-state index contributed by atoms with van der Waals surface area (Å²) in [6.07, 6.45) is 0. The first-order valence-electron chi connectivity index (χ1n) is 6.63. The molecule has 1 saturated heterocycles. The largest absolute Gasteiger partial charge is 0.134 e. The van der Waals surface area contributed by atoms with Gasteiger partial charge in [0.2, 0.25) is 0 Å². The average molecular weight is 286 g/mol. The summed E-state index contributed by atoms with van der Waals surface area (Å²) in [5.41, 5.74) is 5.65. The van der Waals surface area contributed by atoms with E-state index in [9.17, 15) is 0 Å². The van der Waals surface area contributed by atoms with Crippen LogP contribution in [0.3, 0.4) is 0 Å². The molecule has 0 saturated carbocycles. The molecule has 0 aromatic heterocycles. The lowest BCUT2D eigenvalue weighted by Crippen LogP contribution is -2.17. The van der Waals surface area contributed by atoms with Crippen molar-refractivity contribution in [2.45, 2.75) is 17.9 Å². The lowest BCUT2D eigenvalue weighted by molar-refractivity contribution is 1.05. The van der Waals surface area contributed by atoms with Crippen molar-refractivity contribution < 1.29 is 0 Å². The summed E-state index contributed by atoms with van der Waals surface area (Å²) in [5.74, 6) is 2.46. The van der Waals surface area contributed by atoms with Crippen LogP contribution in [-0.2, 0) is 4.08 Å². The molecule has 3 rings (SSSR count). The van der Waals surface area contributed by atoms with E-state index in [1.807, 2.05) is 0 Å². The molecular weight excluding hydrogens is 268 g/mol. The van der Waals surface area contributed by atoms with Crippen LogP contribution in [-0.4, -0.2) is 11.5 Å². The van der Waals surface area contributed by atoms with Crippen molar-refractivity contribution in [3.8, 4) is 0 Å². The number of benzene rings is 2. The maximum Gasteiger partial charge on any atom is 0.112 e. The summed E-state index contributed by atoms with van der Waals surface area (Å²) in [7, 11) is 0. The highest BCUT2D eigenvalue weighted by Crippen LogP contribution is 2.56. The molecule has 1 heterocycles. The van der Waals surface area contributed by atoms with Crippen LogP contribution in [0.25, 0.3) is 0 Å². The van der Waals surface area contributed by atoms with Crippen molar-refractivity contribution in [3.05, 3.63) is 70.8 Å². The van der Waals surface area contributed by atoms with Gasteiger partial charge in [0.05, 0.1) is 0 Å². The standard InChI is InChI=1S/C17H18S2/c1-13-8-9-16(14(2)12-13)17(18-10-11-19-17)15-6-4-3-5-7-15/h3-9,12H,10-11H2,1-2H3. The fraction of sp³-hybridized carbons (Fsp3) is 0.294. The highest BCUT2D eigenvalue weighted by Gasteiger charge is 2.40. The minimum atomic E-state index is 0.0963. The third kappa shape index (κ3) is 2.32. The number of hydrogen-bond acceptors (Lipinski definition) is 2. The van der Waals surface area contributed by atoms with E-state index in [0.717, 1.165) is 0 Å². The fourth-order valence-electron chi connectivity index (χ4n) is 2.73. The molecule has 1 aliphatic rings. The Balaban J connectivity index is 2.16. The molecular formula is C17H18S2. The Morgan fingerprint density at radius 2 is 1.58 bits per heavy atom. The van der Waals surface area contributed by atoms with Crippen LogP contribution in [0.1, 0.15) is 22.3 Å². The van der Waals surface area contributed by atoms with E-state index < -0.39 is 0 Å². The second kappa shape index (κ2) is 5.26. The van der Waals surface area contributed by atoms with E-state index in [-0.39, 0.29) is 4.08 Å². The predicted octanol–water partition coefficient (Wildman–Crippen LogP) is 4.98. The summed E-state index contributed by atoms with van der Waals surface area (Å²) in [5, 5.41) is 0. The van der Waals surface area contributed by atoms with Gasteiger partial charge in [-0.2, -0.15) is 0 Å². The van der Waals surface area contributed by atoms with E-state index in [0.29, 0.717) is 0 Å². The molecule has 0 radical (unpaired) electrons. The number of aryl methyl sites for hydroxylation is 2. The van der Waals surface area contributed by atoms with Gasteiger partial charge in [0.1, 0.15) is 4.08 Å². The Bertz CT molecular complexity index is 569. The second-order valence-corrected chi connectivity index (χ2v) is 7.87. The van der Waals surface area contributed by atoms with E-state index >= 15 is 0 Å². The number of rotatable bonds is 2. The Morgan fingerprint density at radius 1 is 0.895 bits per heavy atom. The minimum absolute atomic E-state index is 0.0963. The molecule has 0 spiro atoms. The summed E-state index contributed by atoms with van der Waals surface area (Å²) < 4.78 is 0.0963. The maximum atomic E-state index is 2.32. The first-order chi connectivity index (χ1) is 9.22. The summed E-state index contributed by atoms with van der Waals surface area (Å²) >= 11 is 4.16. The van der Waals surface area contributed by atoms with Gasteiger partial charge in [0.25, 0.3) is 0 Å². The molecule has 2 heteroatoms. The van der Waals surface area contributed by atoms with Crippen LogP contribution in [0.4, 0.5) is 0 Å². The maximum absolute atomic E-state index is 2.32. The van der Waals surface area contributed by atoms with Crippen LogP contribution >= 0.6 is 23.5 Å². The monoisotopic (exact) mass is 286 g/mol. The lowest BCUT2D eigenvalue weighted by atomic mass is 9.97. The van der Waals surface area contributed by atoms with Crippen molar-refractivity contribution in [3.63, 3.8) is 0 Å². The van der Waals surface area contributed by atoms with E-state index in [1.165, 1.54) is 33.8 Å². The van der Waals surface area contributed by atoms with Crippen molar-refractivity contribution in [1.82, 2.24) is 0 Å². The fourth-order valence-corrected chi connectivity index (χ4v) is 6.18. The molecule has 2 aromatic carbocycles. The zero-order valence-electron chi connectivity index (χ0n) is 11.3. The molecule has 2 aromatic rings. The van der Waals surface area contributed by atoms with Crippen LogP contribution in [0, 0.1) is 13.8 Å². The van der Waals surface area contributed by atoms with E-state index in [4.69, 9.17) is 0 Å². The van der Waals surface area contributed by atoms with Gasteiger partial charge in [0, 0.05) is 11.5 Å². The molecule has 0 atom stereocenters. The van der Waals surface area contributed by atoms with Crippen molar-refractivity contribution in [1.29, 1.82) is 0 Å². The van der Waals surface area contributed by atoms with E-state index in [1.54, 1.807) is 0 Å². The van der Waals surface area contributed by atoms with Crippen molar-refractivity contribution >= 4 is 23.5 Å². The van der Waals surface area contributed by atoms with Gasteiger partial charge in [0.15, 0.2) is 0 Å². The Labute approximate surface area is 124 Å². The molecule has 0 nitrogen and oxygen atoms in total. The highest BCUT2D eigenvalue weighted by molar-refractivity contribution is 8.20. The van der Waals surface area contributed by atoms with Gasteiger partial charge in [-0.25, -0.2) is 0 Å². The Kier molecular flexibility index (Phi) is 3.64. The van der Waals surface area contributed by atoms with Crippen molar-refractivity contribution in [2.75, 3.05) is 11.5 Å². The van der Waals surface area contributed by atoms with Gasteiger partial charge in [-0.05, 0) is 30.5 Å². The van der Waals surface area contributed by atoms with Crippen LogP contribution in [0.2, 0.25) is 0 Å². The zero-order valence-corrected chi connectivity index (χ0v) is 13.0. The zero-order chi connectivity index (χ0) is 13.3. The third-order valence-corrected chi connectivity index (χ3v) is 7.09. The highest BCUT2D eigenvalue weighted by atomic mass is 32.2. The summed E-state index contributed by atoms with van der Waals surface area (Å²) in [4.78, 5) is 0. The topological polar surface area (TPSA) is 0 Å². The molecule has 0 amide bonds. The summed E-state index contributed by atoms with van der Waals surface area (Å²) in [6, 6.07) is 17.8. The van der Waals surface area contributed by atoms with Gasteiger partial charge in [-0.1, -0.05) is 54.1 Å². The Hall–Kier alpha value is -0.860. The van der Waals surface area contributed by atoms with Crippen LogP contribution < -0.4 is 0 Å². The van der Waals surface area contributed by atoms with Crippen LogP contribution in [0.15, 0.2) is 48.5 Å². The Morgan fingerprint density at radius 3 is 2.21 bits per heavy atom. The molecule has 0 N–H and O–H groups in total. The minimum Gasteiger partial charge on any atom is -0.134 e. The predicted molar refractivity (Wildman–Crippen MR) is 88.1 cm³/mol. The first-order valence-corrected chi connectivity index (χ1v) is 8.61. The normalized spacial score (nSPS) is 17.6. The quantitative estimate of drug-likeness (QED) is 0.763. The number of hydrogen-bond donors (Lipinski definition) is 0. The smallest absolute Gasteiger partial charge is 0.112 e. The van der Waals surface area contributed by atoms with Crippen LogP contribution in [0.5, 0.6) is 0 Å². The van der Waals surface area contributed by atoms with Gasteiger partial charge < -0.3 is 0 Å². The SMILES string of the molecule is Cc1ccc(C2(c3ccccc3)SCCS2)c(C)c1. The first kappa shape index (κ1) is 13.1. The average Bonchev–Trinajstić information content (AvgIpc) is 2.90. The molecule has 0 aliphatic carbocycles. The van der Waals surface area contributed by atoms with Gasteiger partial charge >= 0.3 is 0 Å². The molecule has 1 fully saturated rings. The molecule has 0 bridgehead atoms. The molecule has 0 unspecified atom stereocenters. The van der Waals surface area contributed by atoms with E-state index in [2.05, 4.69) is 85.9 Å². The molecule has 19 heavy (non-hydrogen) atoms. The molecule has 1 aliphatic heterocycles. The summed E-state index contributed by atoms with van der Waals surface area (Å²) in [6.45, 7) is 4.41. The number of thioether (sulfide) groups is 2. The lowest BCUT2D eigenvalue weighted by Gasteiger charge is -2.30. The van der Waals surface area contributed by atoms with Gasteiger partial charge in [-0.3, -0.25) is 0 Å². The van der Waals surface area contributed by atoms with Crippen molar-refractivity contribution in [2.24, 2.45) is 0 Å². The third-order valence-electron chi connectivity index (χ3n) is 3.58. The van der Waals surface area contributed by atoms with Gasteiger partial charge in [-0.15, -0.1) is 23.5 Å². The molecule has 98 valence electrons.